The van der Waals surface area contributed by atoms with E-state index in [1.54, 1.807) is 6.20 Å². The van der Waals surface area contributed by atoms with E-state index in [2.05, 4.69) is 51.1 Å². The zero-order valence-electron chi connectivity index (χ0n) is 14.9. The van der Waals surface area contributed by atoms with Crippen LogP contribution in [0, 0.1) is 0 Å². The van der Waals surface area contributed by atoms with Crippen LogP contribution in [0.3, 0.4) is 0 Å². The third kappa shape index (κ3) is 3.33. The van der Waals surface area contributed by atoms with Gasteiger partial charge in [-0.3, -0.25) is 4.79 Å². The lowest BCUT2D eigenvalue weighted by molar-refractivity contribution is -0.141. The van der Waals surface area contributed by atoms with Crippen molar-refractivity contribution in [1.29, 1.82) is 0 Å². The summed E-state index contributed by atoms with van der Waals surface area (Å²) in [5.74, 6) is -0.501. The van der Waals surface area contributed by atoms with Crippen LogP contribution < -0.4 is 4.74 Å². The predicted molar refractivity (Wildman–Crippen MR) is 98.8 cm³/mol. The monoisotopic (exact) mass is 335 g/mol. The minimum absolute atomic E-state index is 0.123. The molecule has 0 amide bonds. The average Bonchev–Trinajstić information content (AvgIpc) is 2.89. The first-order chi connectivity index (χ1) is 11.8. The predicted octanol–water partition coefficient (Wildman–Crippen LogP) is 4.25. The Bertz CT molecular complexity index is 944. The number of hydrogen-bond donors (Lipinski definition) is 0. The molecule has 1 aromatic heterocycles. The summed E-state index contributed by atoms with van der Waals surface area (Å²) in [5, 5.41) is 0.799. The van der Waals surface area contributed by atoms with Crippen molar-refractivity contribution in [3.05, 3.63) is 54.2 Å². The molecule has 3 aromatic rings. The third-order valence-corrected chi connectivity index (χ3v) is 4.35. The highest BCUT2D eigenvalue weighted by molar-refractivity contribution is 6.21. The van der Waals surface area contributed by atoms with Gasteiger partial charge in [0.1, 0.15) is 0 Å². The smallest absolute Gasteiger partial charge is 0.376 e. The Morgan fingerprint density at radius 3 is 2.28 bits per heavy atom. The van der Waals surface area contributed by atoms with Crippen molar-refractivity contribution in [3.63, 3.8) is 0 Å². The molecular weight excluding hydrogens is 314 g/mol. The number of carbonyl (C=O) groups excluding carboxylic acids is 2. The number of esters is 1. The van der Waals surface area contributed by atoms with Gasteiger partial charge in [0.2, 0.25) is 6.29 Å². The fourth-order valence-corrected chi connectivity index (χ4v) is 2.90. The third-order valence-electron chi connectivity index (χ3n) is 4.35. The highest BCUT2D eigenvalue weighted by Crippen LogP contribution is 2.32. The molecule has 0 unspecified atom stereocenters. The molecule has 0 radical (unpaired) electrons. The molecule has 1 heterocycles. The number of aldehydes is 1. The number of rotatable bonds is 3. The zero-order valence-corrected chi connectivity index (χ0v) is 14.9. The van der Waals surface area contributed by atoms with Gasteiger partial charge in [-0.05, 0) is 34.2 Å². The van der Waals surface area contributed by atoms with Gasteiger partial charge in [0.05, 0.1) is 5.52 Å². The van der Waals surface area contributed by atoms with Gasteiger partial charge in [0.25, 0.3) is 0 Å². The quantitative estimate of drug-likeness (QED) is 0.408. The molecule has 0 aliphatic carbocycles. The molecule has 0 aliphatic heterocycles. The molecule has 0 bridgehead atoms. The van der Waals surface area contributed by atoms with Crippen LogP contribution in [0.15, 0.2) is 48.7 Å². The van der Waals surface area contributed by atoms with E-state index in [9.17, 15) is 9.59 Å². The summed E-state index contributed by atoms with van der Waals surface area (Å²) in [7, 11) is 1.88. The number of fused-ring (bicyclic) bond motifs is 1. The number of nitrogens with zero attached hydrogens (tertiary/aromatic N) is 1. The van der Waals surface area contributed by atoms with Crippen molar-refractivity contribution in [1.82, 2.24) is 4.57 Å². The number of benzene rings is 2. The fourth-order valence-electron chi connectivity index (χ4n) is 2.90. The van der Waals surface area contributed by atoms with E-state index < -0.39 is 5.97 Å². The van der Waals surface area contributed by atoms with Gasteiger partial charge in [0, 0.05) is 18.6 Å². The first kappa shape index (κ1) is 17.0. The SMILES string of the molecule is Cn1cc(OC(=O)C=O)c2ccc(-c3ccc(C(C)(C)C)cc3)cc21. The number of hydrogen-bond acceptors (Lipinski definition) is 3. The van der Waals surface area contributed by atoms with Crippen LogP contribution in [0.4, 0.5) is 0 Å². The van der Waals surface area contributed by atoms with Crippen LogP contribution in [0.25, 0.3) is 22.0 Å². The molecule has 4 nitrogen and oxygen atoms in total. The van der Waals surface area contributed by atoms with Crippen molar-refractivity contribution in [2.75, 3.05) is 0 Å². The van der Waals surface area contributed by atoms with Gasteiger partial charge in [-0.2, -0.15) is 0 Å². The maximum atomic E-state index is 11.2. The first-order valence-electron chi connectivity index (χ1n) is 8.16. The summed E-state index contributed by atoms with van der Waals surface area (Å²) in [5.41, 5.74) is 4.56. The van der Waals surface area contributed by atoms with Crippen LogP contribution in [0.2, 0.25) is 0 Å². The molecule has 128 valence electrons. The summed E-state index contributed by atoms with van der Waals surface area (Å²) >= 11 is 0. The van der Waals surface area contributed by atoms with Crippen LogP contribution in [0.5, 0.6) is 5.75 Å². The summed E-state index contributed by atoms with van der Waals surface area (Å²) in [6.07, 6.45) is 1.88. The number of ether oxygens (including phenoxy) is 1. The summed E-state index contributed by atoms with van der Waals surface area (Å²) in [6.45, 7) is 6.58. The number of aromatic nitrogens is 1. The maximum absolute atomic E-state index is 11.2. The van der Waals surface area contributed by atoms with E-state index >= 15 is 0 Å². The molecule has 0 saturated heterocycles. The van der Waals surface area contributed by atoms with Crippen LogP contribution >= 0.6 is 0 Å². The molecule has 2 aromatic carbocycles. The molecule has 0 atom stereocenters. The largest absolute Gasteiger partial charge is 0.419 e. The first-order valence-corrected chi connectivity index (χ1v) is 8.16. The van der Waals surface area contributed by atoms with E-state index in [1.807, 2.05) is 23.7 Å². The van der Waals surface area contributed by atoms with E-state index in [1.165, 1.54) is 5.56 Å². The lowest BCUT2D eigenvalue weighted by Gasteiger charge is -2.19. The van der Waals surface area contributed by atoms with Gasteiger partial charge in [-0.15, -0.1) is 0 Å². The molecular formula is C21H21NO3. The Hall–Kier alpha value is -2.88. The second-order valence-corrected chi connectivity index (χ2v) is 7.20. The minimum Gasteiger partial charge on any atom is -0.419 e. The van der Waals surface area contributed by atoms with Crippen LogP contribution in [-0.4, -0.2) is 16.8 Å². The van der Waals surface area contributed by atoms with Crippen molar-refractivity contribution in [3.8, 4) is 16.9 Å². The number of aryl methyl sites for hydroxylation is 1. The molecule has 0 fully saturated rings. The molecule has 3 rings (SSSR count). The van der Waals surface area contributed by atoms with Crippen molar-refractivity contribution < 1.29 is 14.3 Å². The number of carbonyl (C=O) groups is 2. The topological polar surface area (TPSA) is 48.3 Å². The Labute approximate surface area is 147 Å². The Balaban J connectivity index is 2.00. The van der Waals surface area contributed by atoms with Gasteiger partial charge in [-0.1, -0.05) is 51.1 Å². The van der Waals surface area contributed by atoms with Crippen molar-refractivity contribution in [2.45, 2.75) is 26.2 Å². The average molecular weight is 335 g/mol. The molecule has 0 N–H and O–H groups in total. The minimum atomic E-state index is -0.894. The lowest BCUT2D eigenvalue weighted by Crippen LogP contribution is -2.10. The maximum Gasteiger partial charge on any atom is 0.376 e. The lowest BCUT2D eigenvalue weighted by atomic mass is 9.86. The van der Waals surface area contributed by atoms with Crippen LogP contribution in [0.1, 0.15) is 26.3 Å². The second kappa shape index (κ2) is 6.20. The van der Waals surface area contributed by atoms with Gasteiger partial charge < -0.3 is 9.30 Å². The van der Waals surface area contributed by atoms with Gasteiger partial charge in [0.15, 0.2) is 5.75 Å². The Morgan fingerprint density at radius 2 is 1.68 bits per heavy atom. The van der Waals surface area contributed by atoms with E-state index in [4.69, 9.17) is 4.74 Å². The molecule has 0 aliphatic rings. The summed E-state index contributed by atoms with van der Waals surface area (Å²) < 4.78 is 6.95. The van der Waals surface area contributed by atoms with Crippen LogP contribution in [-0.2, 0) is 22.1 Å². The molecule has 25 heavy (non-hydrogen) atoms. The van der Waals surface area contributed by atoms with Gasteiger partial charge >= 0.3 is 5.97 Å². The molecule has 0 spiro atoms. The zero-order chi connectivity index (χ0) is 18.2. The highest BCUT2D eigenvalue weighted by atomic mass is 16.5. The molecule has 0 saturated carbocycles. The van der Waals surface area contributed by atoms with E-state index in [0.29, 0.717) is 5.75 Å². The van der Waals surface area contributed by atoms with Crippen molar-refractivity contribution in [2.24, 2.45) is 7.05 Å². The second-order valence-electron chi connectivity index (χ2n) is 7.20. The van der Waals surface area contributed by atoms with E-state index in [0.717, 1.165) is 22.0 Å². The summed E-state index contributed by atoms with van der Waals surface area (Å²) in [6, 6.07) is 14.5. The Morgan fingerprint density at radius 1 is 1.04 bits per heavy atom. The highest BCUT2D eigenvalue weighted by Gasteiger charge is 2.14. The normalized spacial score (nSPS) is 11.5. The summed E-state index contributed by atoms with van der Waals surface area (Å²) in [4.78, 5) is 21.7. The van der Waals surface area contributed by atoms with Gasteiger partial charge in [-0.25, -0.2) is 4.79 Å². The van der Waals surface area contributed by atoms with E-state index in [-0.39, 0.29) is 11.7 Å². The standard InChI is InChI=1S/C21H21NO3/c1-21(2,3)16-8-5-14(6-9-16)15-7-10-17-18(11-15)22(4)12-19(17)25-20(24)13-23/h5-13H,1-4H3. The van der Waals surface area contributed by atoms with Crippen molar-refractivity contribution >= 4 is 23.2 Å². The molecule has 4 heteroatoms. The Kier molecular flexibility index (Phi) is 4.21. The fraction of sp³-hybridized carbons (Fsp3) is 0.238.